The van der Waals surface area contributed by atoms with Crippen LogP contribution in [0.4, 0.5) is 11.4 Å². The van der Waals surface area contributed by atoms with Crippen LogP contribution in [0.15, 0.2) is 48.5 Å². The second-order valence-electron chi connectivity index (χ2n) is 6.56. The lowest BCUT2D eigenvalue weighted by atomic mass is 9.86. The Bertz CT molecular complexity index is 630. The Morgan fingerprint density at radius 2 is 1.08 bits per heavy atom. The zero-order valence-corrected chi connectivity index (χ0v) is 15.1. The predicted molar refractivity (Wildman–Crippen MR) is 102 cm³/mol. The molecular formula is C20H26N2O4. The highest BCUT2D eigenvalue weighted by atomic mass is 16.5. The van der Waals surface area contributed by atoms with Crippen LogP contribution in [-0.2, 0) is 0 Å². The Labute approximate surface area is 153 Å². The van der Waals surface area contributed by atoms with Crippen LogP contribution in [-0.4, -0.2) is 48.7 Å². The molecule has 2 aromatic rings. The number of rotatable bonds is 6. The number of aliphatic hydroxyl groups is 2. The van der Waals surface area contributed by atoms with Crippen LogP contribution in [0.3, 0.4) is 0 Å². The molecule has 0 radical (unpaired) electrons. The molecule has 0 unspecified atom stereocenters. The molecule has 1 aliphatic rings. The molecule has 3 rings (SSSR count). The number of anilines is 2. The first-order valence-electron chi connectivity index (χ1n) is 8.76. The molecule has 0 aliphatic heterocycles. The van der Waals surface area contributed by atoms with E-state index >= 15 is 0 Å². The van der Waals surface area contributed by atoms with E-state index in [1.807, 2.05) is 48.5 Å². The summed E-state index contributed by atoms with van der Waals surface area (Å²) in [6.45, 7) is 0. The lowest BCUT2D eigenvalue weighted by Crippen LogP contribution is -2.51. The Balaban J connectivity index is 1.65. The molecule has 1 aliphatic carbocycles. The molecule has 0 bridgehead atoms. The Morgan fingerprint density at radius 1 is 0.692 bits per heavy atom. The van der Waals surface area contributed by atoms with Gasteiger partial charge in [0.1, 0.15) is 11.5 Å². The van der Waals surface area contributed by atoms with E-state index in [1.54, 1.807) is 14.2 Å². The second kappa shape index (κ2) is 8.29. The van der Waals surface area contributed by atoms with Crippen molar-refractivity contribution in [2.45, 2.75) is 37.1 Å². The molecule has 1 fully saturated rings. The van der Waals surface area contributed by atoms with Crippen molar-refractivity contribution in [3.8, 4) is 11.5 Å². The first-order valence-corrected chi connectivity index (χ1v) is 8.76. The zero-order chi connectivity index (χ0) is 18.5. The van der Waals surface area contributed by atoms with Crippen LogP contribution in [0.5, 0.6) is 11.5 Å². The summed E-state index contributed by atoms with van der Waals surface area (Å²) in [5.74, 6) is 1.57. The maximum atomic E-state index is 10.4. The fourth-order valence-corrected chi connectivity index (χ4v) is 3.28. The third-order valence-electron chi connectivity index (χ3n) is 4.80. The van der Waals surface area contributed by atoms with Gasteiger partial charge in [0.2, 0.25) is 0 Å². The lowest BCUT2D eigenvalue weighted by molar-refractivity contribution is 0.0242. The van der Waals surface area contributed by atoms with Gasteiger partial charge in [0.25, 0.3) is 0 Å². The highest BCUT2D eigenvalue weighted by molar-refractivity contribution is 5.49. The zero-order valence-electron chi connectivity index (χ0n) is 15.1. The summed E-state index contributed by atoms with van der Waals surface area (Å²) in [7, 11) is 3.26. The summed E-state index contributed by atoms with van der Waals surface area (Å²) in [4.78, 5) is 0. The molecule has 2 aromatic carbocycles. The Hall–Kier alpha value is -2.44. The fraction of sp³-hybridized carbons (Fsp3) is 0.400. The average molecular weight is 358 g/mol. The molecule has 0 amide bonds. The topological polar surface area (TPSA) is 83.0 Å². The van der Waals surface area contributed by atoms with Crippen molar-refractivity contribution in [2.75, 3.05) is 24.9 Å². The average Bonchev–Trinajstić information content (AvgIpc) is 2.66. The predicted octanol–water partition coefficient (Wildman–Crippen LogP) is 2.48. The quantitative estimate of drug-likeness (QED) is 0.635. The third kappa shape index (κ3) is 4.39. The van der Waals surface area contributed by atoms with Crippen LogP contribution >= 0.6 is 0 Å². The van der Waals surface area contributed by atoms with Gasteiger partial charge < -0.3 is 30.3 Å². The molecule has 0 spiro atoms. The van der Waals surface area contributed by atoms with Crippen LogP contribution in [0.25, 0.3) is 0 Å². The van der Waals surface area contributed by atoms with Crippen molar-refractivity contribution in [1.29, 1.82) is 0 Å². The van der Waals surface area contributed by atoms with E-state index in [2.05, 4.69) is 10.6 Å². The standard InChI is InChI=1S/C20H26N2O4/c1-25-15-7-3-13(4-8-15)21-17-11-18(20(24)12-19(17)23)22-14-5-9-16(26-2)10-6-14/h3-10,17-24H,11-12H2,1-2H3/t17-,18-,19-,20-/m0/s1. The summed E-state index contributed by atoms with van der Waals surface area (Å²) in [5, 5.41) is 27.4. The SMILES string of the molecule is COc1ccc(N[C@H]2C[C@H](Nc3ccc(OC)cc3)[C@@H](O)C[C@@H]2O)cc1. The first kappa shape index (κ1) is 18.4. The second-order valence-corrected chi connectivity index (χ2v) is 6.56. The normalized spacial score (nSPS) is 25.4. The van der Waals surface area contributed by atoms with Gasteiger partial charge in [-0.1, -0.05) is 0 Å². The van der Waals surface area contributed by atoms with Crippen molar-refractivity contribution >= 4 is 11.4 Å². The Morgan fingerprint density at radius 3 is 1.42 bits per heavy atom. The van der Waals surface area contributed by atoms with E-state index in [0.29, 0.717) is 12.8 Å². The maximum absolute atomic E-state index is 10.4. The summed E-state index contributed by atoms with van der Waals surface area (Å²) >= 11 is 0. The van der Waals surface area contributed by atoms with Gasteiger partial charge in [-0.2, -0.15) is 0 Å². The van der Waals surface area contributed by atoms with Gasteiger partial charge in [-0.25, -0.2) is 0 Å². The summed E-state index contributed by atoms with van der Waals surface area (Å²) in [6, 6.07) is 14.9. The van der Waals surface area contributed by atoms with Crippen LogP contribution in [0.1, 0.15) is 12.8 Å². The van der Waals surface area contributed by atoms with E-state index in [-0.39, 0.29) is 12.1 Å². The molecule has 4 atom stereocenters. The Kier molecular flexibility index (Phi) is 5.85. The van der Waals surface area contributed by atoms with Gasteiger partial charge in [0.05, 0.1) is 38.5 Å². The van der Waals surface area contributed by atoms with Crippen molar-refractivity contribution < 1.29 is 19.7 Å². The number of aliphatic hydroxyl groups excluding tert-OH is 2. The molecule has 140 valence electrons. The van der Waals surface area contributed by atoms with E-state index in [1.165, 1.54) is 0 Å². The minimum atomic E-state index is -0.610. The van der Waals surface area contributed by atoms with Gasteiger partial charge >= 0.3 is 0 Å². The molecule has 1 saturated carbocycles. The molecule has 6 heteroatoms. The number of benzene rings is 2. The third-order valence-corrected chi connectivity index (χ3v) is 4.80. The van der Waals surface area contributed by atoms with Crippen molar-refractivity contribution in [1.82, 2.24) is 0 Å². The molecular weight excluding hydrogens is 332 g/mol. The fourth-order valence-electron chi connectivity index (χ4n) is 3.28. The number of nitrogens with one attached hydrogen (secondary N) is 2. The number of ether oxygens (including phenoxy) is 2. The first-order chi connectivity index (χ1) is 12.6. The smallest absolute Gasteiger partial charge is 0.119 e. The van der Waals surface area contributed by atoms with Gasteiger partial charge in [-0.05, 0) is 55.0 Å². The highest BCUT2D eigenvalue weighted by Gasteiger charge is 2.35. The summed E-state index contributed by atoms with van der Waals surface area (Å²) < 4.78 is 10.3. The minimum absolute atomic E-state index is 0.150. The molecule has 26 heavy (non-hydrogen) atoms. The van der Waals surface area contributed by atoms with E-state index in [4.69, 9.17) is 9.47 Å². The monoisotopic (exact) mass is 358 g/mol. The van der Waals surface area contributed by atoms with Gasteiger partial charge in [-0.3, -0.25) is 0 Å². The van der Waals surface area contributed by atoms with E-state index < -0.39 is 12.2 Å². The number of hydrogen-bond acceptors (Lipinski definition) is 6. The van der Waals surface area contributed by atoms with E-state index in [0.717, 1.165) is 22.9 Å². The van der Waals surface area contributed by atoms with Crippen LogP contribution < -0.4 is 20.1 Å². The molecule has 0 heterocycles. The van der Waals surface area contributed by atoms with Crippen molar-refractivity contribution in [3.63, 3.8) is 0 Å². The molecule has 6 nitrogen and oxygen atoms in total. The highest BCUT2D eigenvalue weighted by Crippen LogP contribution is 2.27. The van der Waals surface area contributed by atoms with Gasteiger partial charge in [0, 0.05) is 17.8 Å². The molecule has 0 saturated heterocycles. The number of hydrogen-bond donors (Lipinski definition) is 4. The van der Waals surface area contributed by atoms with Crippen LogP contribution in [0, 0.1) is 0 Å². The van der Waals surface area contributed by atoms with Crippen LogP contribution in [0.2, 0.25) is 0 Å². The summed E-state index contributed by atoms with van der Waals surface area (Å²) in [6.07, 6.45) is -0.302. The lowest BCUT2D eigenvalue weighted by Gasteiger charge is -2.38. The minimum Gasteiger partial charge on any atom is -0.497 e. The molecule has 0 aromatic heterocycles. The summed E-state index contributed by atoms with van der Waals surface area (Å²) in [5.41, 5.74) is 1.82. The molecule has 4 N–H and O–H groups in total. The van der Waals surface area contributed by atoms with Crippen molar-refractivity contribution in [2.24, 2.45) is 0 Å². The van der Waals surface area contributed by atoms with E-state index in [9.17, 15) is 10.2 Å². The van der Waals surface area contributed by atoms with Gasteiger partial charge in [-0.15, -0.1) is 0 Å². The largest absolute Gasteiger partial charge is 0.497 e. The van der Waals surface area contributed by atoms with Crippen molar-refractivity contribution in [3.05, 3.63) is 48.5 Å². The van der Waals surface area contributed by atoms with Gasteiger partial charge in [0.15, 0.2) is 0 Å². The maximum Gasteiger partial charge on any atom is 0.119 e. The number of methoxy groups -OCH3 is 2.